The first-order valence-corrected chi connectivity index (χ1v) is 3.51. The third-order valence-corrected chi connectivity index (χ3v) is 1.50. The number of carbonyl (C=O) groups is 1. The van der Waals surface area contributed by atoms with Crippen molar-refractivity contribution < 1.29 is 14.3 Å². The summed E-state index contributed by atoms with van der Waals surface area (Å²) >= 11 is 0. The molecular weight excluding hydrogens is 160 g/mol. The number of ether oxygens (including phenoxy) is 2. The fourth-order valence-corrected chi connectivity index (χ4v) is 1.06. The minimum atomic E-state index is -0.954. The second-order valence-electron chi connectivity index (χ2n) is 3.01. The van der Waals surface area contributed by atoms with Crippen molar-refractivity contribution >= 4 is 5.91 Å². The van der Waals surface area contributed by atoms with Crippen molar-refractivity contribution in [1.29, 1.82) is 5.26 Å². The van der Waals surface area contributed by atoms with E-state index in [0.717, 1.165) is 0 Å². The van der Waals surface area contributed by atoms with E-state index >= 15 is 0 Å². The normalized spacial score (nSPS) is 32.8. The van der Waals surface area contributed by atoms with Crippen LogP contribution in [0.2, 0.25) is 0 Å². The van der Waals surface area contributed by atoms with Gasteiger partial charge in [0.2, 0.25) is 0 Å². The first-order valence-electron chi connectivity index (χ1n) is 3.51. The van der Waals surface area contributed by atoms with Crippen LogP contribution >= 0.6 is 0 Å². The van der Waals surface area contributed by atoms with Gasteiger partial charge in [-0.3, -0.25) is 4.79 Å². The van der Waals surface area contributed by atoms with Crippen molar-refractivity contribution in [2.75, 3.05) is 0 Å². The van der Waals surface area contributed by atoms with Gasteiger partial charge >= 0.3 is 0 Å². The number of nitrogens with two attached hydrogens (primary N) is 1. The summed E-state index contributed by atoms with van der Waals surface area (Å²) in [4.78, 5) is 10.7. The SMILES string of the molecule is CC1(C)OC(C#N)C(C(N)=O)O1. The van der Waals surface area contributed by atoms with Gasteiger partial charge in [0.1, 0.15) is 0 Å². The molecule has 1 aliphatic heterocycles. The molecule has 2 unspecified atom stereocenters. The number of carbonyl (C=O) groups excluding carboxylic acids is 1. The van der Waals surface area contributed by atoms with Crippen molar-refractivity contribution in [2.24, 2.45) is 5.73 Å². The van der Waals surface area contributed by atoms with Crippen LogP contribution in [-0.2, 0) is 14.3 Å². The lowest BCUT2D eigenvalue weighted by Crippen LogP contribution is -2.36. The average Bonchev–Trinajstić information content (AvgIpc) is 2.25. The summed E-state index contributed by atoms with van der Waals surface area (Å²) in [5, 5.41) is 8.55. The molecule has 66 valence electrons. The molecular formula is C7H10N2O3. The molecule has 5 heteroatoms. The van der Waals surface area contributed by atoms with Crippen LogP contribution in [0, 0.1) is 11.3 Å². The molecule has 0 aliphatic carbocycles. The summed E-state index contributed by atoms with van der Waals surface area (Å²) in [7, 11) is 0. The molecule has 0 spiro atoms. The van der Waals surface area contributed by atoms with Crippen LogP contribution < -0.4 is 5.73 Å². The molecule has 0 saturated carbocycles. The molecule has 2 N–H and O–H groups in total. The third kappa shape index (κ3) is 1.55. The molecule has 0 aromatic rings. The fourth-order valence-electron chi connectivity index (χ4n) is 1.06. The molecule has 0 radical (unpaired) electrons. The van der Waals surface area contributed by atoms with Crippen LogP contribution in [-0.4, -0.2) is 23.9 Å². The lowest BCUT2D eigenvalue weighted by Gasteiger charge is -2.15. The van der Waals surface area contributed by atoms with E-state index in [0.29, 0.717) is 0 Å². The number of nitrogens with zero attached hydrogens (tertiary/aromatic N) is 1. The zero-order valence-electron chi connectivity index (χ0n) is 6.90. The molecule has 0 aromatic heterocycles. The van der Waals surface area contributed by atoms with E-state index in [1.165, 1.54) is 0 Å². The zero-order chi connectivity index (χ0) is 9.35. The Morgan fingerprint density at radius 2 is 2.17 bits per heavy atom. The minimum absolute atomic E-state index is 0.674. The van der Waals surface area contributed by atoms with Crippen LogP contribution in [0.4, 0.5) is 0 Å². The fraction of sp³-hybridized carbons (Fsp3) is 0.714. The molecule has 1 fully saturated rings. The Labute approximate surface area is 70.0 Å². The lowest BCUT2D eigenvalue weighted by atomic mass is 10.2. The Morgan fingerprint density at radius 1 is 1.58 bits per heavy atom. The summed E-state index contributed by atoms with van der Waals surface area (Å²) in [5.41, 5.74) is 4.99. The number of primary amides is 1. The Bertz CT molecular complexity index is 244. The maximum absolute atomic E-state index is 10.7. The highest BCUT2D eigenvalue weighted by Crippen LogP contribution is 2.27. The van der Waals surface area contributed by atoms with Crippen LogP contribution in [0.1, 0.15) is 13.8 Å². The number of hydrogen-bond acceptors (Lipinski definition) is 4. The molecule has 1 heterocycles. The van der Waals surface area contributed by atoms with Crippen molar-refractivity contribution in [3.05, 3.63) is 0 Å². The van der Waals surface area contributed by atoms with Gasteiger partial charge in [0.05, 0.1) is 6.07 Å². The molecule has 5 nitrogen and oxygen atoms in total. The lowest BCUT2D eigenvalue weighted by molar-refractivity contribution is -0.152. The predicted octanol–water partition coefficient (Wildman–Crippen LogP) is -0.485. The van der Waals surface area contributed by atoms with Crippen LogP contribution in [0.5, 0.6) is 0 Å². The average molecular weight is 170 g/mol. The topological polar surface area (TPSA) is 85.3 Å². The first-order chi connectivity index (χ1) is 5.46. The molecule has 2 atom stereocenters. The zero-order valence-corrected chi connectivity index (χ0v) is 6.90. The van der Waals surface area contributed by atoms with Gasteiger partial charge in [0.15, 0.2) is 18.0 Å². The van der Waals surface area contributed by atoms with Gasteiger partial charge in [-0.1, -0.05) is 0 Å². The molecule has 1 saturated heterocycles. The number of hydrogen-bond donors (Lipinski definition) is 1. The highest BCUT2D eigenvalue weighted by Gasteiger charge is 2.44. The highest BCUT2D eigenvalue weighted by molar-refractivity contribution is 5.80. The maximum Gasteiger partial charge on any atom is 0.250 e. The Morgan fingerprint density at radius 3 is 2.50 bits per heavy atom. The predicted molar refractivity (Wildman–Crippen MR) is 38.6 cm³/mol. The van der Waals surface area contributed by atoms with E-state index in [1.54, 1.807) is 19.9 Å². The van der Waals surface area contributed by atoms with Gasteiger partial charge in [0, 0.05) is 0 Å². The van der Waals surface area contributed by atoms with Crippen molar-refractivity contribution in [3.8, 4) is 6.07 Å². The molecule has 1 rings (SSSR count). The second-order valence-corrected chi connectivity index (χ2v) is 3.01. The van der Waals surface area contributed by atoms with E-state index in [4.69, 9.17) is 20.5 Å². The van der Waals surface area contributed by atoms with Crippen LogP contribution in [0.25, 0.3) is 0 Å². The molecule has 0 bridgehead atoms. The summed E-state index contributed by atoms with van der Waals surface area (Å²) in [6.45, 7) is 3.25. The molecule has 0 aromatic carbocycles. The Hall–Kier alpha value is -1.12. The van der Waals surface area contributed by atoms with Crippen molar-refractivity contribution in [2.45, 2.75) is 31.8 Å². The summed E-state index contributed by atoms with van der Waals surface area (Å²) < 4.78 is 10.2. The Balaban J connectivity index is 2.78. The largest absolute Gasteiger partial charge is 0.367 e. The van der Waals surface area contributed by atoms with Gasteiger partial charge in [-0.2, -0.15) is 5.26 Å². The van der Waals surface area contributed by atoms with E-state index in [2.05, 4.69) is 0 Å². The van der Waals surface area contributed by atoms with Gasteiger partial charge < -0.3 is 15.2 Å². The van der Waals surface area contributed by atoms with Crippen LogP contribution in [0.15, 0.2) is 0 Å². The minimum Gasteiger partial charge on any atom is -0.367 e. The van der Waals surface area contributed by atoms with Crippen LogP contribution in [0.3, 0.4) is 0 Å². The highest BCUT2D eigenvalue weighted by atomic mass is 16.8. The van der Waals surface area contributed by atoms with Crippen molar-refractivity contribution in [3.63, 3.8) is 0 Å². The number of nitriles is 1. The summed E-state index contributed by atoms with van der Waals surface area (Å²) in [5.74, 6) is -1.58. The summed E-state index contributed by atoms with van der Waals surface area (Å²) in [6, 6.07) is 1.80. The maximum atomic E-state index is 10.7. The molecule has 1 aliphatic rings. The van der Waals surface area contributed by atoms with Gasteiger partial charge in [0.25, 0.3) is 5.91 Å². The van der Waals surface area contributed by atoms with E-state index in [1.807, 2.05) is 0 Å². The van der Waals surface area contributed by atoms with E-state index < -0.39 is 23.9 Å². The molecule has 1 amide bonds. The van der Waals surface area contributed by atoms with E-state index in [-0.39, 0.29) is 0 Å². The van der Waals surface area contributed by atoms with Crippen molar-refractivity contribution in [1.82, 2.24) is 0 Å². The number of amides is 1. The Kier molecular flexibility index (Phi) is 2.04. The quantitative estimate of drug-likeness (QED) is 0.575. The smallest absolute Gasteiger partial charge is 0.250 e. The van der Waals surface area contributed by atoms with Gasteiger partial charge in [-0.15, -0.1) is 0 Å². The molecule has 12 heavy (non-hydrogen) atoms. The van der Waals surface area contributed by atoms with Gasteiger partial charge in [-0.05, 0) is 13.8 Å². The monoisotopic (exact) mass is 170 g/mol. The second kappa shape index (κ2) is 2.73. The first kappa shape index (κ1) is 8.97. The van der Waals surface area contributed by atoms with E-state index in [9.17, 15) is 4.79 Å². The standard InChI is InChI=1S/C7H10N2O3/c1-7(2)11-4(3-8)5(12-7)6(9)10/h4-5H,1-2H3,(H2,9,10). The number of rotatable bonds is 1. The van der Waals surface area contributed by atoms with Gasteiger partial charge in [-0.25, -0.2) is 0 Å². The third-order valence-electron chi connectivity index (χ3n) is 1.50. The summed E-state index contributed by atoms with van der Waals surface area (Å²) in [6.07, 6.45) is -1.84.